The Bertz CT molecular complexity index is 571. The Hall–Kier alpha value is -1.75. The molecule has 0 spiro atoms. The van der Waals surface area contributed by atoms with Crippen molar-refractivity contribution in [2.75, 3.05) is 13.1 Å². The third-order valence-electron chi connectivity index (χ3n) is 4.51. The molecule has 0 bridgehead atoms. The van der Waals surface area contributed by atoms with Gasteiger partial charge in [-0.2, -0.15) is 0 Å². The number of carboxylic acids is 1. The largest absolute Gasteiger partial charge is 0.490 e. The quantitative estimate of drug-likeness (QED) is 0.915. The van der Waals surface area contributed by atoms with E-state index < -0.39 is 11.9 Å². The zero-order valence-electron chi connectivity index (χ0n) is 12.9. The Morgan fingerprint density at radius 2 is 1.91 bits per heavy atom. The molecule has 0 radical (unpaired) electrons. The maximum atomic E-state index is 12.5. The molecule has 1 N–H and O–H groups in total. The van der Waals surface area contributed by atoms with Gasteiger partial charge in [0.1, 0.15) is 5.75 Å². The third-order valence-corrected chi connectivity index (χ3v) is 4.51. The average molecular weight is 340 g/mol. The van der Waals surface area contributed by atoms with Crippen molar-refractivity contribution in [1.29, 1.82) is 0 Å². The van der Waals surface area contributed by atoms with Gasteiger partial charge >= 0.3 is 5.97 Å². The molecule has 1 saturated carbocycles. The molecule has 1 aliphatic carbocycles. The highest BCUT2D eigenvalue weighted by atomic mass is 35.5. The first-order valence-electron chi connectivity index (χ1n) is 7.92. The minimum Gasteiger partial charge on any atom is -0.490 e. The monoisotopic (exact) mass is 339 g/mol. The summed E-state index contributed by atoms with van der Waals surface area (Å²) in [5.74, 6) is -0.650. The average Bonchev–Trinajstić information content (AvgIpc) is 3.18. The minimum absolute atomic E-state index is 0. The Kier molecular flexibility index (Phi) is 5.88. The second-order valence-electron chi connectivity index (χ2n) is 6.13. The fraction of sp³-hybridized carbons (Fsp3) is 0.529. The molecule has 3 rings (SSSR count). The van der Waals surface area contributed by atoms with Crippen LogP contribution in [-0.2, 0) is 4.79 Å². The second-order valence-corrected chi connectivity index (χ2v) is 6.13. The van der Waals surface area contributed by atoms with Crippen LogP contribution in [0.25, 0.3) is 0 Å². The van der Waals surface area contributed by atoms with Crippen LogP contribution in [0.15, 0.2) is 24.3 Å². The molecular formula is C17H22ClNO4. The number of likely N-dealkylation sites (tertiary alicyclic amines) is 1. The second kappa shape index (κ2) is 7.68. The van der Waals surface area contributed by atoms with E-state index >= 15 is 0 Å². The number of aliphatic carboxylic acids is 1. The molecule has 23 heavy (non-hydrogen) atoms. The molecule has 1 aromatic rings. The molecule has 2 fully saturated rings. The van der Waals surface area contributed by atoms with E-state index in [0.717, 1.165) is 18.6 Å². The van der Waals surface area contributed by atoms with Crippen LogP contribution in [0, 0.1) is 5.92 Å². The van der Waals surface area contributed by atoms with Crippen molar-refractivity contribution in [3.05, 3.63) is 29.8 Å². The zero-order valence-corrected chi connectivity index (χ0v) is 13.8. The first-order chi connectivity index (χ1) is 10.6. The Morgan fingerprint density at radius 1 is 1.17 bits per heavy atom. The number of carbonyl (C=O) groups is 2. The van der Waals surface area contributed by atoms with Crippen molar-refractivity contribution in [3.8, 4) is 5.75 Å². The van der Waals surface area contributed by atoms with E-state index in [4.69, 9.17) is 9.84 Å². The molecule has 1 aliphatic heterocycles. The zero-order chi connectivity index (χ0) is 15.5. The standard InChI is InChI=1S/C17H21NO4.ClH/c19-16(18-9-8-13(11-18)17(20)21)12-4-3-7-15(10-12)22-14-5-1-2-6-14;/h3-4,7,10,13-14H,1-2,5-6,8-9,11H2,(H,20,21);1H. The van der Waals surface area contributed by atoms with Crippen LogP contribution < -0.4 is 4.74 Å². The number of carbonyl (C=O) groups excluding carboxylic acids is 1. The molecule has 0 aromatic heterocycles. The van der Waals surface area contributed by atoms with Gasteiger partial charge < -0.3 is 14.7 Å². The topological polar surface area (TPSA) is 66.8 Å². The van der Waals surface area contributed by atoms with Gasteiger partial charge in [0.05, 0.1) is 12.0 Å². The summed E-state index contributed by atoms with van der Waals surface area (Å²) in [5.41, 5.74) is 0.571. The SMILES string of the molecule is Cl.O=C(O)C1CCN(C(=O)c2cccc(OC3CCCC3)c2)C1. The molecule has 1 unspecified atom stereocenters. The number of ether oxygens (including phenoxy) is 1. The van der Waals surface area contributed by atoms with Gasteiger partial charge in [-0.25, -0.2) is 0 Å². The summed E-state index contributed by atoms with van der Waals surface area (Å²) >= 11 is 0. The van der Waals surface area contributed by atoms with Gasteiger partial charge in [0, 0.05) is 18.7 Å². The summed E-state index contributed by atoms with van der Waals surface area (Å²) in [6, 6.07) is 7.23. The molecule has 1 saturated heterocycles. The molecule has 6 heteroatoms. The highest BCUT2D eigenvalue weighted by Gasteiger charge is 2.31. The van der Waals surface area contributed by atoms with Crippen molar-refractivity contribution < 1.29 is 19.4 Å². The van der Waals surface area contributed by atoms with Crippen molar-refractivity contribution >= 4 is 24.3 Å². The van der Waals surface area contributed by atoms with E-state index in [0.29, 0.717) is 25.1 Å². The lowest BCUT2D eigenvalue weighted by Gasteiger charge is -2.17. The molecular weight excluding hydrogens is 318 g/mol. The number of carboxylic acid groups (broad SMARTS) is 1. The van der Waals surface area contributed by atoms with Gasteiger partial charge in [0.15, 0.2) is 0 Å². The fourth-order valence-corrected chi connectivity index (χ4v) is 3.23. The molecule has 126 valence electrons. The first kappa shape index (κ1) is 17.6. The summed E-state index contributed by atoms with van der Waals surface area (Å²) in [4.78, 5) is 25.1. The highest BCUT2D eigenvalue weighted by Crippen LogP contribution is 2.25. The summed E-state index contributed by atoms with van der Waals surface area (Å²) in [6.45, 7) is 0.797. The van der Waals surface area contributed by atoms with Gasteiger partial charge in [-0.15, -0.1) is 12.4 Å². The Morgan fingerprint density at radius 3 is 2.57 bits per heavy atom. The van der Waals surface area contributed by atoms with E-state index in [-0.39, 0.29) is 24.4 Å². The van der Waals surface area contributed by atoms with Gasteiger partial charge in [0.25, 0.3) is 5.91 Å². The van der Waals surface area contributed by atoms with Crippen LogP contribution >= 0.6 is 12.4 Å². The molecule has 1 aromatic carbocycles. The predicted molar refractivity (Wildman–Crippen MR) is 88.2 cm³/mol. The van der Waals surface area contributed by atoms with E-state index in [1.54, 1.807) is 17.0 Å². The normalized spacial score (nSPS) is 21.0. The number of rotatable bonds is 4. The maximum Gasteiger partial charge on any atom is 0.308 e. The number of benzene rings is 1. The third kappa shape index (κ3) is 4.16. The molecule has 1 heterocycles. The van der Waals surface area contributed by atoms with Gasteiger partial charge in [-0.3, -0.25) is 9.59 Å². The lowest BCUT2D eigenvalue weighted by Crippen LogP contribution is -2.30. The highest BCUT2D eigenvalue weighted by molar-refractivity contribution is 5.95. The number of halogens is 1. The summed E-state index contributed by atoms with van der Waals surface area (Å²) in [5, 5.41) is 9.03. The van der Waals surface area contributed by atoms with Crippen LogP contribution in [0.1, 0.15) is 42.5 Å². The summed E-state index contributed by atoms with van der Waals surface area (Å²) < 4.78 is 5.92. The summed E-state index contributed by atoms with van der Waals surface area (Å²) in [7, 11) is 0. The minimum atomic E-state index is -0.825. The lowest BCUT2D eigenvalue weighted by atomic mass is 10.1. The van der Waals surface area contributed by atoms with Gasteiger partial charge in [0.2, 0.25) is 0 Å². The van der Waals surface area contributed by atoms with E-state index in [2.05, 4.69) is 0 Å². The molecule has 1 amide bonds. The fourth-order valence-electron chi connectivity index (χ4n) is 3.23. The maximum absolute atomic E-state index is 12.5. The first-order valence-corrected chi connectivity index (χ1v) is 7.92. The predicted octanol–water partition coefficient (Wildman–Crippen LogP) is 2.98. The molecule has 2 aliphatic rings. The van der Waals surface area contributed by atoms with Gasteiger partial charge in [-0.05, 0) is 50.3 Å². The van der Waals surface area contributed by atoms with Gasteiger partial charge in [-0.1, -0.05) is 6.07 Å². The van der Waals surface area contributed by atoms with Crippen LogP contribution in [0.5, 0.6) is 5.75 Å². The van der Waals surface area contributed by atoms with Crippen LogP contribution in [0.3, 0.4) is 0 Å². The van der Waals surface area contributed by atoms with Crippen LogP contribution in [0.4, 0.5) is 0 Å². The number of amides is 1. The summed E-state index contributed by atoms with van der Waals surface area (Å²) in [6.07, 6.45) is 5.34. The van der Waals surface area contributed by atoms with Crippen molar-refractivity contribution in [1.82, 2.24) is 4.90 Å². The van der Waals surface area contributed by atoms with E-state index in [1.165, 1.54) is 12.8 Å². The van der Waals surface area contributed by atoms with E-state index in [1.807, 2.05) is 12.1 Å². The van der Waals surface area contributed by atoms with Crippen molar-refractivity contribution in [2.24, 2.45) is 5.92 Å². The smallest absolute Gasteiger partial charge is 0.308 e. The number of hydrogen-bond donors (Lipinski definition) is 1. The van der Waals surface area contributed by atoms with E-state index in [9.17, 15) is 9.59 Å². The number of nitrogens with zero attached hydrogens (tertiary/aromatic N) is 1. The Balaban J connectivity index is 0.00000192. The molecule has 1 atom stereocenters. The van der Waals surface area contributed by atoms with Crippen LogP contribution in [0.2, 0.25) is 0 Å². The molecule has 5 nitrogen and oxygen atoms in total. The Labute approximate surface area is 142 Å². The van der Waals surface area contributed by atoms with Crippen LogP contribution in [-0.4, -0.2) is 41.1 Å². The van der Waals surface area contributed by atoms with Crippen molar-refractivity contribution in [3.63, 3.8) is 0 Å². The number of hydrogen-bond acceptors (Lipinski definition) is 3. The lowest BCUT2D eigenvalue weighted by molar-refractivity contribution is -0.141. The van der Waals surface area contributed by atoms with Crippen molar-refractivity contribution in [2.45, 2.75) is 38.2 Å².